The van der Waals surface area contributed by atoms with Gasteiger partial charge in [-0.3, -0.25) is 0 Å². The van der Waals surface area contributed by atoms with E-state index in [1.54, 1.807) is 11.9 Å². The molecule has 14 heavy (non-hydrogen) atoms. The van der Waals surface area contributed by atoms with Gasteiger partial charge in [-0.15, -0.1) is 0 Å². The van der Waals surface area contributed by atoms with Crippen molar-refractivity contribution in [1.29, 1.82) is 0 Å². The molecule has 2 nitrogen and oxygen atoms in total. The zero-order valence-electron chi connectivity index (χ0n) is 7.87. The maximum absolute atomic E-state index is 11.5. The first-order valence-electron chi connectivity index (χ1n) is 4.32. The fourth-order valence-electron chi connectivity index (χ4n) is 1.05. The molecule has 0 saturated carbocycles. The average Bonchev–Trinajstić information content (AvgIpc) is 2.21. The van der Waals surface area contributed by atoms with Crippen LogP contribution in [0.3, 0.4) is 0 Å². The largest absolute Gasteiger partial charge is 0.462 e. The fraction of sp³-hybridized carbons (Fsp3) is 0.182. The van der Waals surface area contributed by atoms with Crippen LogP contribution in [0, 0.1) is 0 Å². The van der Waals surface area contributed by atoms with E-state index in [9.17, 15) is 4.79 Å². The lowest BCUT2D eigenvalue weighted by Crippen LogP contribution is -2.06. The second-order valence-electron chi connectivity index (χ2n) is 2.61. The van der Waals surface area contributed by atoms with Crippen LogP contribution in [0.4, 0.5) is 0 Å². The summed E-state index contributed by atoms with van der Waals surface area (Å²) in [5.41, 5.74) is 1.38. The van der Waals surface area contributed by atoms with Crippen molar-refractivity contribution in [2.45, 2.75) is 6.92 Å². The van der Waals surface area contributed by atoms with Crippen LogP contribution in [0.5, 0.6) is 0 Å². The van der Waals surface area contributed by atoms with Gasteiger partial charge in [0.2, 0.25) is 0 Å². The van der Waals surface area contributed by atoms with E-state index in [1.165, 1.54) is 0 Å². The van der Waals surface area contributed by atoms with Crippen molar-refractivity contribution in [2.75, 3.05) is 6.61 Å². The molecule has 0 unspecified atom stereocenters. The summed E-state index contributed by atoms with van der Waals surface area (Å²) in [6.45, 7) is 2.17. The Morgan fingerprint density at radius 2 is 2.07 bits per heavy atom. The van der Waals surface area contributed by atoms with Gasteiger partial charge in [0.15, 0.2) is 0 Å². The van der Waals surface area contributed by atoms with Crippen molar-refractivity contribution in [3.63, 3.8) is 0 Å². The Hall–Kier alpha value is -1.09. The number of hydrogen-bond acceptors (Lipinski definition) is 2. The first kappa shape index (κ1) is 11.0. The van der Waals surface area contributed by atoms with E-state index < -0.39 is 0 Å². The van der Waals surface area contributed by atoms with Crippen LogP contribution < -0.4 is 0 Å². The van der Waals surface area contributed by atoms with Crippen LogP contribution in [-0.4, -0.2) is 12.6 Å². The Bertz CT molecular complexity index is 330. The Labute approximate surface area is 91.7 Å². The minimum Gasteiger partial charge on any atom is -0.462 e. The molecule has 0 bridgehead atoms. The number of esters is 1. The number of hydrogen-bond donors (Lipinski definition) is 0. The van der Waals surface area contributed by atoms with Crippen molar-refractivity contribution in [1.82, 2.24) is 0 Å². The summed E-state index contributed by atoms with van der Waals surface area (Å²) in [7, 11) is 0. The molecule has 74 valence electrons. The summed E-state index contributed by atoms with van der Waals surface area (Å²) in [5, 5.41) is 0. The van der Waals surface area contributed by atoms with Gasteiger partial charge in [0, 0.05) is 0 Å². The van der Waals surface area contributed by atoms with Crippen LogP contribution in [0.25, 0.3) is 5.57 Å². The molecule has 0 N–H and O–H groups in total. The summed E-state index contributed by atoms with van der Waals surface area (Å²) in [5.74, 6) is -0.310. The van der Waals surface area contributed by atoms with Crippen LogP contribution in [0.2, 0.25) is 0 Å². The number of halogens is 1. The van der Waals surface area contributed by atoms with Gasteiger partial charge in [-0.2, -0.15) is 0 Å². The summed E-state index contributed by atoms with van der Waals surface area (Å²) in [4.78, 5) is 13.0. The zero-order valence-corrected chi connectivity index (χ0v) is 9.45. The molecule has 1 aromatic rings. The Balaban J connectivity index is 2.89. The molecule has 0 atom stereocenters. The van der Waals surface area contributed by atoms with Gasteiger partial charge in [0.05, 0.1) is 12.2 Å². The topological polar surface area (TPSA) is 26.3 Å². The Kier molecular flexibility index (Phi) is 4.40. The number of benzene rings is 1. The van der Waals surface area contributed by atoms with E-state index in [-0.39, 0.29) is 5.97 Å². The minimum atomic E-state index is -0.310. The molecule has 0 fully saturated rings. The van der Waals surface area contributed by atoms with Gasteiger partial charge in [-0.25, -0.2) is 4.79 Å². The molecule has 0 spiro atoms. The molecule has 0 aromatic heterocycles. The lowest BCUT2D eigenvalue weighted by molar-refractivity contribution is -0.136. The maximum Gasteiger partial charge on any atom is 0.339 e. The molecule has 0 radical (unpaired) electrons. The number of carbonyl (C=O) groups excluding carboxylic acids is 1. The predicted octanol–water partition coefficient (Wildman–Crippen LogP) is 2.99. The van der Waals surface area contributed by atoms with E-state index in [0.717, 1.165) is 5.56 Å². The van der Waals surface area contributed by atoms with Crippen LogP contribution in [0.15, 0.2) is 35.3 Å². The highest BCUT2D eigenvalue weighted by Gasteiger charge is 2.11. The van der Waals surface area contributed by atoms with Crippen LogP contribution in [0.1, 0.15) is 12.5 Å². The summed E-state index contributed by atoms with van der Waals surface area (Å²) in [6.07, 6.45) is 0. The first-order chi connectivity index (χ1) is 6.79. The van der Waals surface area contributed by atoms with Crippen molar-refractivity contribution < 1.29 is 9.53 Å². The van der Waals surface area contributed by atoms with Gasteiger partial charge in [-0.1, -0.05) is 46.3 Å². The average molecular weight is 255 g/mol. The number of rotatable bonds is 3. The molecular weight excluding hydrogens is 244 g/mol. The molecule has 1 aromatic carbocycles. The molecule has 0 aliphatic carbocycles. The van der Waals surface area contributed by atoms with Crippen LogP contribution >= 0.6 is 15.9 Å². The van der Waals surface area contributed by atoms with Crippen molar-refractivity contribution in [3.05, 3.63) is 40.9 Å². The third-order valence-corrected chi connectivity index (χ3v) is 2.15. The quantitative estimate of drug-likeness (QED) is 0.613. The van der Waals surface area contributed by atoms with Crippen molar-refractivity contribution >= 4 is 27.5 Å². The third kappa shape index (κ3) is 2.70. The Morgan fingerprint density at radius 1 is 1.43 bits per heavy atom. The highest BCUT2D eigenvalue weighted by Crippen LogP contribution is 2.17. The SMILES string of the molecule is CCOC(=O)C(=CBr)c1ccccc1. The fourth-order valence-corrected chi connectivity index (χ4v) is 1.50. The molecule has 0 heterocycles. The van der Waals surface area contributed by atoms with E-state index in [2.05, 4.69) is 15.9 Å². The van der Waals surface area contributed by atoms with E-state index in [0.29, 0.717) is 12.2 Å². The van der Waals surface area contributed by atoms with Gasteiger partial charge in [0.25, 0.3) is 0 Å². The minimum absolute atomic E-state index is 0.310. The molecule has 3 heteroatoms. The smallest absolute Gasteiger partial charge is 0.339 e. The van der Waals surface area contributed by atoms with Crippen molar-refractivity contribution in [2.24, 2.45) is 0 Å². The standard InChI is InChI=1S/C11H11BrO2/c1-2-14-11(13)10(8-12)9-6-4-3-5-7-9/h3-8H,2H2,1H3. The molecule has 0 amide bonds. The lowest BCUT2D eigenvalue weighted by atomic mass is 10.1. The van der Waals surface area contributed by atoms with Gasteiger partial charge in [-0.05, 0) is 17.5 Å². The monoisotopic (exact) mass is 254 g/mol. The third-order valence-electron chi connectivity index (χ3n) is 1.69. The maximum atomic E-state index is 11.5. The zero-order chi connectivity index (χ0) is 10.4. The summed E-state index contributed by atoms with van der Waals surface area (Å²) in [6, 6.07) is 9.39. The summed E-state index contributed by atoms with van der Waals surface area (Å²) < 4.78 is 4.91. The van der Waals surface area contributed by atoms with Gasteiger partial charge in [0.1, 0.15) is 0 Å². The second-order valence-corrected chi connectivity index (χ2v) is 3.07. The number of carbonyl (C=O) groups is 1. The normalized spacial score (nSPS) is 11.1. The van der Waals surface area contributed by atoms with Crippen LogP contribution in [-0.2, 0) is 9.53 Å². The highest BCUT2D eigenvalue weighted by atomic mass is 79.9. The molecule has 1 rings (SSSR count). The van der Waals surface area contributed by atoms with Gasteiger partial charge < -0.3 is 4.74 Å². The second kappa shape index (κ2) is 5.60. The lowest BCUT2D eigenvalue weighted by Gasteiger charge is -2.05. The highest BCUT2D eigenvalue weighted by molar-refractivity contribution is 9.11. The van der Waals surface area contributed by atoms with Crippen molar-refractivity contribution in [3.8, 4) is 0 Å². The predicted molar refractivity (Wildman–Crippen MR) is 60.0 cm³/mol. The van der Waals surface area contributed by atoms with E-state index >= 15 is 0 Å². The Morgan fingerprint density at radius 3 is 2.57 bits per heavy atom. The molecule has 0 aliphatic rings. The van der Waals surface area contributed by atoms with E-state index in [4.69, 9.17) is 4.74 Å². The van der Waals surface area contributed by atoms with Gasteiger partial charge >= 0.3 is 5.97 Å². The molecule has 0 saturated heterocycles. The molecular formula is C11H11BrO2. The number of ether oxygens (including phenoxy) is 1. The van der Waals surface area contributed by atoms with E-state index in [1.807, 2.05) is 30.3 Å². The summed E-state index contributed by atoms with van der Waals surface area (Å²) >= 11 is 3.16. The first-order valence-corrected chi connectivity index (χ1v) is 5.24. The molecule has 0 aliphatic heterocycles.